The lowest BCUT2D eigenvalue weighted by molar-refractivity contribution is -0.117. The third kappa shape index (κ3) is 2.31. The van der Waals surface area contributed by atoms with Gasteiger partial charge in [0, 0.05) is 37.0 Å². The number of carbonyl (C=O) groups is 1. The highest BCUT2D eigenvalue weighted by molar-refractivity contribution is 6.01. The molecule has 0 atom stereocenters. The Morgan fingerprint density at radius 3 is 2.77 bits per heavy atom. The van der Waals surface area contributed by atoms with Crippen molar-refractivity contribution in [1.29, 1.82) is 0 Å². The largest absolute Gasteiger partial charge is 0.383 e. The van der Waals surface area contributed by atoms with Crippen LogP contribution in [0.2, 0.25) is 0 Å². The predicted octanol–water partition coefficient (Wildman–Crippen LogP) is 1.87. The second kappa shape index (κ2) is 5.72. The van der Waals surface area contributed by atoms with E-state index in [9.17, 15) is 4.79 Å². The van der Waals surface area contributed by atoms with Crippen molar-refractivity contribution in [3.8, 4) is 0 Å². The van der Waals surface area contributed by atoms with Gasteiger partial charge in [-0.05, 0) is 24.5 Å². The van der Waals surface area contributed by atoms with Gasteiger partial charge in [-0.3, -0.25) is 4.79 Å². The Kier molecular flexibility index (Phi) is 3.34. The van der Waals surface area contributed by atoms with E-state index in [0.717, 1.165) is 48.6 Å². The van der Waals surface area contributed by atoms with E-state index in [1.165, 1.54) is 0 Å². The van der Waals surface area contributed by atoms with Crippen LogP contribution in [-0.2, 0) is 11.2 Å². The zero-order valence-electron chi connectivity index (χ0n) is 14.4. The maximum atomic E-state index is 12.5. The van der Waals surface area contributed by atoms with E-state index in [1.807, 2.05) is 29.2 Å². The van der Waals surface area contributed by atoms with Crippen LogP contribution >= 0.6 is 0 Å². The number of nitrogens with zero attached hydrogens (tertiary/aromatic N) is 5. The minimum atomic E-state index is 0.215. The van der Waals surface area contributed by atoms with Crippen molar-refractivity contribution in [3.05, 3.63) is 48.2 Å². The molecule has 4 heterocycles. The first-order valence-electron chi connectivity index (χ1n) is 8.96. The van der Waals surface area contributed by atoms with Gasteiger partial charge in [0.15, 0.2) is 5.65 Å². The van der Waals surface area contributed by atoms with Gasteiger partial charge in [0.2, 0.25) is 5.91 Å². The van der Waals surface area contributed by atoms with Gasteiger partial charge in [-0.15, -0.1) is 0 Å². The minimum Gasteiger partial charge on any atom is -0.383 e. The Labute approximate surface area is 151 Å². The average Bonchev–Trinajstić information content (AvgIpc) is 3.25. The minimum absolute atomic E-state index is 0.215. The fourth-order valence-corrected chi connectivity index (χ4v) is 4.12. The van der Waals surface area contributed by atoms with Gasteiger partial charge in [0.05, 0.1) is 12.6 Å². The number of para-hydroxylation sites is 1. The Bertz CT molecular complexity index is 989. The molecule has 26 heavy (non-hydrogen) atoms. The molecule has 5 rings (SSSR count). The number of rotatable bonds is 2. The van der Waals surface area contributed by atoms with Crippen molar-refractivity contribution in [2.45, 2.75) is 25.3 Å². The summed E-state index contributed by atoms with van der Waals surface area (Å²) in [5.74, 6) is 1.68. The number of benzene rings is 1. The van der Waals surface area contributed by atoms with Gasteiger partial charge in [-0.1, -0.05) is 18.2 Å². The summed E-state index contributed by atoms with van der Waals surface area (Å²) in [4.78, 5) is 21.4. The number of aromatic nitrogens is 3. The molecule has 1 aromatic carbocycles. The van der Waals surface area contributed by atoms with E-state index in [1.54, 1.807) is 10.7 Å². The third-order valence-electron chi connectivity index (χ3n) is 5.39. The van der Waals surface area contributed by atoms with Crippen LogP contribution in [0.1, 0.15) is 18.4 Å². The average molecular weight is 348 g/mol. The zero-order valence-corrected chi connectivity index (χ0v) is 14.4. The molecule has 0 bridgehead atoms. The van der Waals surface area contributed by atoms with E-state index in [-0.39, 0.29) is 11.9 Å². The highest BCUT2D eigenvalue weighted by Gasteiger charge is 2.34. The van der Waals surface area contributed by atoms with Crippen LogP contribution in [0.3, 0.4) is 0 Å². The van der Waals surface area contributed by atoms with Crippen LogP contribution in [0.5, 0.6) is 0 Å². The quantitative estimate of drug-likeness (QED) is 0.765. The van der Waals surface area contributed by atoms with Crippen molar-refractivity contribution in [1.82, 2.24) is 14.6 Å². The first kappa shape index (κ1) is 15.2. The molecule has 2 N–H and O–H groups in total. The first-order chi connectivity index (χ1) is 12.7. The Balaban J connectivity index is 1.35. The van der Waals surface area contributed by atoms with Gasteiger partial charge in [-0.2, -0.15) is 9.61 Å². The van der Waals surface area contributed by atoms with Crippen LogP contribution < -0.4 is 15.5 Å². The molecule has 0 radical (unpaired) electrons. The summed E-state index contributed by atoms with van der Waals surface area (Å²) in [5, 5.41) is 4.17. The maximum Gasteiger partial charge on any atom is 0.231 e. The summed E-state index contributed by atoms with van der Waals surface area (Å²) in [6, 6.07) is 12.1. The second-order valence-corrected chi connectivity index (χ2v) is 6.93. The van der Waals surface area contributed by atoms with Crippen LogP contribution in [0, 0.1) is 0 Å². The number of nitrogens with two attached hydrogens (primary N) is 1. The van der Waals surface area contributed by atoms with Crippen LogP contribution in [-0.4, -0.2) is 39.6 Å². The van der Waals surface area contributed by atoms with Gasteiger partial charge < -0.3 is 15.5 Å². The normalized spacial score (nSPS) is 17.9. The van der Waals surface area contributed by atoms with Crippen molar-refractivity contribution in [2.75, 3.05) is 28.6 Å². The van der Waals surface area contributed by atoms with Crippen molar-refractivity contribution >= 4 is 28.9 Å². The summed E-state index contributed by atoms with van der Waals surface area (Å²) in [7, 11) is 0. The van der Waals surface area contributed by atoms with Crippen LogP contribution in [0.25, 0.3) is 5.65 Å². The Morgan fingerprint density at radius 1 is 1.12 bits per heavy atom. The van der Waals surface area contributed by atoms with Crippen molar-refractivity contribution in [3.63, 3.8) is 0 Å². The number of amides is 1. The molecular formula is C19H20N6O. The lowest BCUT2D eigenvalue weighted by Gasteiger charge is -2.37. The Morgan fingerprint density at radius 2 is 1.92 bits per heavy atom. The molecule has 7 nitrogen and oxygen atoms in total. The molecule has 0 unspecified atom stereocenters. The molecule has 132 valence electrons. The molecule has 0 spiro atoms. The van der Waals surface area contributed by atoms with Crippen molar-refractivity contribution < 1.29 is 4.79 Å². The topological polar surface area (TPSA) is 79.8 Å². The molecule has 2 aromatic heterocycles. The molecule has 0 saturated carbocycles. The molecule has 2 aliphatic rings. The van der Waals surface area contributed by atoms with Crippen LogP contribution in [0.15, 0.2) is 42.6 Å². The summed E-state index contributed by atoms with van der Waals surface area (Å²) in [5.41, 5.74) is 9.06. The number of fused-ring (bicyclic) bond motifs is 2. The molecule has 0 aliphatic carbocycles. The Hall–Kier alpha value is -3.09. The standard InChI is InChI=1S/C19H20N6O/c20-16-12-18(22-17-5-8-21-25(16)17)23-9-6-14(7-10-23)24-15-4-2-1-3-13(15)11-19(24)26/h1-5,8,12,14H,6-7,9-11,20H2. The summed E-state index contributed by atoms with van der Waals surface area (Å²) >= 11 is 0. The molecule has 1 saturated heterocycles. The molecular weight excluding hydrogens is 328 g/mol. The van der Waals surface area contributed by atoms with E-state index in [4.69, 9.17) is 5.73 Å². The van der Waals surface area contributed by atoms with E-state index in [0.29, 0.717) is 12.2 Å². The van der Waals surface area contributed by atoms with E-state index >= 15 is 0 Å². The smallest absolute Gasteiger partial charge is 0.231 e. The number of piperidine rings is 1. The lowest BCUT2D eigenvalue weighted by atomic mass is 10.0. The predicted molar refractivity (Wildman–Crippen MR) is 100 cm³/mol. The van der Waals surface area contributed by atoms with Gasteiger partial charge in [0.25, 0.3) is 0 Å². The van der Waals surface area contributed by atoms with Gasteiger partial charge in [-0.25, -0.2) is 4.98 Å². The highest BCUT2D eigenvalue weighted by atomic mass is 16.2. The highest BCUT2D eigenvalue weighted by Crippen LogP contribution is 2.34. The zero-order chi connectivity index (χ0) is 17.7. The number of hydrogen-bond acceptors (Lipinski definition) is 5. The van der Waals surface area contributed by atoms with E-state index in [2.05, 4.69) is 27.1 Å². The van der Waals surface area contributed by atoms with Crippen molar-refractivity contribution in [2.24, 2.45) is 0 Å². The first-order valence-corrected chi connectivity index (χ1v) is 8.96. The van der Waals surface area contributed by atoms with Gasteiger partial charge in [0.1, 0.15) is 11.6 Å². The summed E-state index contributed by atoms with van der Waals surface area (Å²) in [6.45, 7) is 1.71. The maximum absolute atomic E-state index is 12.5. The fraction of sp³-hybridized carbons (Fsp3) is 0.316. The number of carbonyl (C=O) groups excluding carboxylic acids is 1. The number of nitrogen functional groups attached to an aromatic ring is 1. The summed E-state index contributed by atoms with van der Waals surface area (Å²) < 4.78 is 1.64. The van der Waals surface area contributed by atoms with Crippen LogP contribution in [0.4, 0.5) is 17.3 Å². The monoisotopic (exact) mass is 348 g/mol. The number of anilines is 3. The number of hydrogen-bond donors (Lipinski definition) is 1. The lowest BCUT2D eigenvalue weighted by Crippen LogP contribution is -2.46. The molecule has 1 fully saturated rings. The molecule has 2 aliphatic heterocycles. The SMILES string of the molecule is Nc1cc(N2CCC(N3C(=O)Cc4ccccc43)CC2)nc2ccnn12. The van der Waals surface area contributed by atoms with E-state index < -0.39 is 0 Å². The third-order valence-corrected chi connectivity index (χ3v) is 5.39. The molecule has 1 amide bonds. The summed E-state index contributed by atoms with van der Waals surface area (Å²) in [6.07, 6.45) is 4.07. The second-order valence-electron chi connectivity index (χ2n) is 6.93. The molecule has 3 aromatic rings. The molecule has 7 heteroatoms. The fourth-order valence-electron chi connectivity index (χ4n) is 4.12. The van der Waals surface area contributed by atoms with Gasteiger partial charge >= 0.3 is 0 Å².